The first-order chi connectivity index (χ1) is 10.4. The second-order valence-electron chi connectivity index (χ2n) is 4.10. The number of ether oxygens (including phenoxy) is 2. The largest absolute Gasteiger partial charge is 0.341 e. The highest BCUT2D eigenvalue weighted by molar-refractivity contribution is 5.23. The third-order valence-corrected chi connectivity index (χ3v) is 2.32. The third-order valence-electron chi connectivity index (χ3n) is 2.32. The van der Waals surface area contributed by atoms with Crippen molar-refractivity contribution >= 4 is 6.72 Å². The maximum atomic E-state index is 8.29. The van der Waals surface area contributed by atoms with Crippen LogP contribution in [-0.2, 0) is 9.47 Å². The van der Waals surface area contributed by atoms with Crippen molar-refractivity contribution in [2.75, 3.05) is 19.8 Å². The van der Waals surface area contributed by atoms with Gasteiger partial charge in [-0.3, -0.25) is 5.01 Å². The van der Waals surface area contributed by atoms with Crippen molar-refractivity contribution in [1.29, 1.82) is 5.26 Å². The molecule has 0 aromatic rings. The van der Waals surface area contributed by atoms with Crippen LogP contribution in [0.1, 0.15) is 48.5 Å². The fourth-order valence-corrected chi connectivity index (χ4v) is 1.13. The Balaban J connectivity index is -0.000000279. The lowest BCUT2D eigenvalue weighted by Gasteiger charge is -2.17. The van der Waals surface area contributed by atoms with E-state index >= 15 is 0 Å². The molecule has 0 rings (SSSR count). The van der Waals surface area contributed by atoms with Gasteiger partial charge in [0, 0.05) is 32.2 Å². The maximum absolute atomic E-state index is 8.29. The van der Waals surface area contributed by atoms with Crippen LogP contribution in [0.3, 0.4) is 0 Å². The highest BCUT2D eigenvalue weighted by atomic mass is 16.7. The lowest BCUT2D eigenvalue weighted by Crippen LogP contribution is -2.14. The molecular weight excluding hydrogens is 278 g/mol. The summed E-state index contributed by atoms with van der Waals surface area (Å²) < 4.78 is 9.70. The van der Waals surface area contributed by atoms with Gasteiger partial charge in [0.1, 0.15) is 6.07 Å². The second-order valence-corrected chi connectivity index (χ2v) is 4.10. The van der Waals surface area contributed by atoms with E-state index in [0.717, 1.165) is 6.54 Å². The fourth-order valence-electron chi connectivity index (χ4n) is 1.13. The number of rotatable bonds is 7. The third kappa shape index (κ3) is 16.2. The van der Waals surface area contributed by atoms with Crippen molar-refractivity contribution in [2.24, 2.45) is 5.10 Å². The average molecular weight is 309 g/mol. The summed E-state index contributed by atoms with van der Waals surface area (Å²) in [6.07, 6.45) is 3.92. The summed E-state index contributed by atoms with van der Waals surface area (Å²) in [7, 11) is 0. The molecular formula is C17H31N3O2. The van der Waals surface area contributed by atoms with Gasteiger partial charge in [-0.05, 0) is 48.5 Å². The zero-order chi connectivity index (χ0) is 18.0. The van der Waals surface area contributed by atoms with Crippen molar-refractivity contribution in [2.45, 2.75) is 54.8 Å². The molecule has 0 aromatic heterocycles. The molecule has 126 valence electrons. The van der Waals surface area contributed by atoms with E-state index in [4.69, 9.17) is 14.7 Å². The van der Waals surface area contributed by atoms with Crippen molar-refractivity contribution in [1.82, 2.24) is 5.01 Å². The minimum absolute atomic E-state index is 0.512. The predicted octanol–water partition coefficient (Wildman–Crippen LogP) is 3.79. The van der Waals surface area contributed by atoms with Crippen LogP contribution in [0.15, 0.2) is 16.4 Å². The summed E-state index contributed by atoms with van der Waals surface area (Å²) in [5.41, 5.74) is 2.48. The Labute approximate surface area is 136 Å². The van der Waals surface area contributed by atoms with Gasteiger partial charge in [-0.2, -0.15) is 10.4 Å². The summed E-state index contributed by atoms with van der Waals surface area (Å²) in [6, 6.07) is 1.86. The summed E-state index contributed by atoms with van der Waals surface area (Å²) >= 11 is 0. The molecule has 0 unspecified atom stereocenters. The molecule has 0 radical (unpaired) electrons. The quantitative estimate of drug-likeness (QED) is 0.311. The van der Waals surface area contributed by atoms with Gasteiger partial charge in [-0.15, -0.1) is 12.3 Å². The van der Waals surface area contributed by atoms with Gasteiger partial charge in [0.2, 0.25) is 6.29 Å². The molecule has 0 aliphatic heterocycles. The van der Waals surface area contributed by atoms with Gasteiger partial charge in [0.25, 0.3) is 0 Å². The number of nitriles is 1. The topological polar surface area (TPSA) is 57.8 Å². The van der Waals surface area contributed by atoms with Crippen molar-refractivity contribution < 1.29 is 9.47 Å². The van der Waals surface area contributed by atoms with Crippen LogP contribution in [0.5, 0.6) is 0 Å². The van der Waals surface area contributed by atoms with Crippen molar-refractivity contribution in [3.63, 3.8) is 0 Å². The van der Waals surface area contributed by atoms with Crippen molar-refractivity contribution in [3.8, 4) is 18.4 Å². The normalized spacial score (nSPS) is 8.27. The predicted molar refractivity (Wildman–Crippen MR) is 93.1 cm³/mol. The Bertz CT molecular complexity index is 368. The van der Waals surface area contributed by atoms with E-state index in [1.807, 2.05) is 31.8 Å². The Kier molecular flexibility index (Phi) is 21.9. The fraction of sp³-hybridized carbons (Fsp3) is 0.647. The summed E-state index contributed by atoms with van der Waals surface area (Å²) in [5.74, 6) is 2.25. The van der Waals surface area contributed by atoms with Gasteiger partial charge < -0.3 is 9.47 Å². The van der Waals surface area contributed by atoms with E-state index in [1.165, 1.54) is 11.3 Å². The van der Waals surface area contributed by atoms with Crippen LogP contribution in [0.2, 0.25) is 0 Å². The van der Waals surface area contributed by atoms with Gasteiger partial charge in [-0.1, -0.05) is 5.57 Å². The number of allylic oxidation sites excluding steroid dienone is 2. The Morgan fingerprint density at radius 2 is 1.64 bits per heavy atom. The first kappa shape index (κ1) is 25.2. The van der Waals surface area contributed by atoms with Crippen LogP contribution in [0.25, 0.3) is 0 Å². The maximum Gasteiger partial charge on any atom is 0.248 e. The molecule has 5 nitrogen and oxygen atoms in total. The highest BCUT2D eigenvalue weighted by Gasteiger charge is 2.02. The number of hydrazone groups is 1. The van der Waals surface area contributed by atoms with Crippen LogP contribution < -0.4 is 0 Å². The summed E-state index contributed by atoms with van der Waals surface area (Å²) in [6.45, 7) is 18.9. The minimum Gasteiger partial charge on any atom is -0.341 e. The standard InChI is InChI=1S/C8H16N2.C6H11NO2.C3H4/c1-6-10(9-5)8(4)7(2)3;1-3-8-6(5-7)9-4-2;1-3-2/h5-6H2,1-4H3;6H,3-4H2,1-2H3;1H,2H3. The molecule has 0 aliphatic carbocycles. The summed E-state index contributed by atoms with van der Waals surface area (Å²) in [5, 5.41) is 14.0. The Morgan fingerprint density at radius 1 is 1.23 bits per heavy atom. The highest BCUT2D eigenvalue weighted by Crippen LogP contribution is 2.07. The molecule has 0 atom stereocenters. The van der Waals surface area contributed by atoms with E-state index in [1.54, 1.807) is 6.92 Å². The Hall–Kier alpha value is -1.82. The van der Waals surface area contributed by atoms with Crippen LogP contribution in [0, 0.1) is 23.7 Å². The lowest BCUT2D eigenvalue weighted by atomic mass is 10.3. The smallest absolute Gasteiger partial charge is 0.248 e. The van der Waals surface area contributed by atoms with E-state index in [9.17, 15) is 0 Å². The molecule has 0 saturated heterocycles. The van der Waals surface area contributed by atoms with E-state index in [2.05, 4.69) is 44.9 Å². The number of nitrogens with zero attached hydrogens (tertiary/aromatic N) is 3. The number of terminal acetylenes is 1. The van der Waals surface area contributed by atoms with E-state index in [0.29, 0.717) is 13.2 Å². The molecule has 0 N–H and O–H groups in total. The van der Waals surface area contributed by atoms with Crippen LogP contribution in [-0.4, -0.2) is 37.8 Å². The first-order valence-electron chi connectivity index (χ1n) is 7.28. The molecule has 5 heteroatoms. The monoisotopic (exact) mass is 309 g/mol. The molecule has 0 amide bonds. The van der Waals surface area contributed by atoms with Gasteiger partial charge >= 0.3 is 0 Å². The molecule has 0 saturated carbocycles. The van der Waals surface area contributed by atoms with Gasteiger partial charge in [0.15, 0.2) is 0 Å². The SMILES string of the molecule is C#CC.C=NN(CC)C(C)=C(C)C.CCOC(C#N)OCC. The first-order valence-corrected chi connectivity index (χ1v) is 7.28. The van der Waals surface area contributed by atoms with Crippen LogP contribution in [0.4, 0.5) is 0 Å². The molecule has 0 aromatic carbocycles. The van der Waals surface area contributed by atoms with Crippen LogP contribution >= 0.6 is 0 Å². The Morgan fingerprint density at radius 3 is 1.77 bits per heavy atom. The summed E-state index contributed by atoms with van der Waals surface area (Å²) in [4.78, 5) is 0. The molecule has 0 aliphatic rings. The molecule has 0 spiro atoms. The molecule has 22 heavy (non-hydrogen) atoms. The number of hydrogen-bond acceptors (Lipinski definition) is 5. The average Bonchev–Trinajstić information content (AvgIpc) is 2.49. The molecule has 0 bridgehead atoms. The van der Waals surface area contributed by atoms with E-state index in [-0.39, 0.29) is 0 Å². The van der Waals surface area contributed by atoms with Gasteiger partial charge in [-0.25, -0.2) is 0 Å². The lowest BCUT2D eigenvalue weighted by molar-refractivity contribution is -0.0982. The molecule has 0 heterocycles. The minimum atomic E-state index is -0.681. The second kappa shape index (κ2) is 19.2. The molecule has 0 fully saturated rings. The van der Waals surface area contributed by atoms with E-state index < -0.39 is 6.29 Å². The zero-order valence-corrected chi connectivity index (χ0v) is 15.1. The number of hydrogen-bond donors (Lipinski definition) is 0. The van der Waals surface area contributed by atoms with Gasteiger partial charge in [0.05, 0.1) is 0 Å². The zero-order valence-electron chi connectivity index (χ0n) is 15.1. The van der Waals surface area contributed by atoms with Crippen molar-refractivity contribution in [3.05, 3.63) is 11.3 Å².